The molecular weight excluding hydrogens is 464 g/mol. The molecule has 0 saturated carbocycles. The van der Waals surface area contributed by atoms with Gasteiger partial charge in [0.25, 0.3) is 0 Å². The molecule has 0 bridgehead atoms. The lowest BCUT2D eigenvalue weighted by Gasteiger charge is -2.13. The smallest absolute Gasteiger partial charge is 0.197 e. The zero-order valence-corrected chi connectivity index (χ0v) is 20.4. The number of aryl methyl sites for hydroxylation is 1. The standard InChI is InChI=1S/C27H25ClN4OS/c1-17-6-9-22(25-26(33)20-4-2-3-5-24(20)34-27(17)25)32-15-13-29-12-14-31-21-10-11-30-23-16-18(28)7-8-19(21)23/h2-11,16,29,32H,12-15H2,1H3,(H,30,31). The molecule has 0 atom stereocenters. The summed E-state index contributed by atoms with van der Waals surface area (Å²) in [5.41, 5.74) is 4.05. The number of halogens is 1. The average molecular weight is 489 g/mol. The average Bonchev–Trinajstić information content (AvgIpc) is 2.85. The molecule has 0 aliphatic carbocycles. The third kappa shape index (κ3) is 4.57. The van der Waals surface area contributed by atoms with Crippen LogP contribution in [0.5, 0.6) is 0 Å². The van der Waals surface area contributed by atoms with Crippen LogP contribution in [0.1, 0.15) is 5.56 Å². The maximum Gasteiger partial charge on any atom is 0.197 e. The first kappa shape index (κ1) is 22.6. The number of rotatable bonds is 8. The molecule has 5 rings (SSSR count). The van der Waals surface area contributed by atoms with Crippen LogP contribution >= 0.6 is 22.9 Å². The van der Waals surface area contributed by atoms with E-state index in [4.69, 9.17) is 11.6 Å². The van der Waals surface area contributed by atoms with E-state index < -0.39 is 0 Å². The van der Waals surface area contributed by atoms with E-state index in [0.717, 1.165) is 74.2 Å². The predicted molar refractivity (Wildman–Crippen MR) is 147 cm³/mol. The number of fused-ring (bicyclic) bond motifs is 3. The first-order chi connectivity index (χ1) is 16.6. The van der Waals surface area contributed by atoms with E-state index in [1.807, 2.05) is 54.6 Å². The van der Waals surface area contributed by atoms with E-state index in [1.165, 1.54) is 0 Å². The van der Waals surface area contributed by atoms with Crippen molar-refractivity contribution in [3.63, 3.8) is 0 Å². The van der Waals surface area contributed by atoms with Crippen molar-refractivity contribution >= 4 is 65.4 Å². The van der Waals surface area contributed by atoms with E-state index in [9.17, 15) is 4.79 Å². The molecule has 172 valence electrons. The predicted octanol–water partition coefficient (Wildman–Crippen LogP) is 6.04. The van der Waals surface area contributed by atoms with Crippen LogP contribution in [-0.2, 0) is 0 Å². The summed E-state index contributed by atoms with van der Waals surface area (Å²) in [4.78, 5) is 17.6. The lowest BCUT2D eigenvalue weighted by Crippen LogP contribution is -2.27. The quantitative estimate of drug-likeness (QED) is 0.183. The van der Waals surface area contributed by atoms with Gasteiger partial charge in [-0.25, -0.2) is 0 Å². The molecule has 0 spiro atoms. The molecule has 0 aliphatic heterocycles. The highest BCUT2D eigenvalue weighted by Gasteiger charge is 2.11. The molecule has 0 saturated heterocycles. The molecule has 0 unspecified atom stereocenters. The summed E-state index contributed by atoms with van der Waals surface area (Å²) >= 11 is 7.75. The zero-order valence-electron chi connectivity index (χ0n) is 18.8. The summed E-state index contributed by atoms with van der Waals surface area (Å²) in [6, 6.07) is 19.7. The van der Waals surface area contributed by atoms with Crippen molar-refractivity contribution in [2.75, 3.05) is 36.8 Å². The molecule has 0 aliphatic rings. The van der Waals surface area contributed by atoms with Gasteiger partial charge in [0.2, 0.25) is 0 Å². The minimum absolute atomic E-state index is 0.0959. The Balaban J connectivity index is 1.19. The molecule has 0 amide bonds. The van der Waals surface area contributed by atoms with Gasteiger partial charge >= 0.3 is 0 Å². The Kier molecular flexibility index (Phi) is 6.63. The van der Waals surface area contributed by atoms with Crippen molar-refractivity contribution in [1.29, 1.82) is 0 Å². The van der Waals surface area contributed by atoms with Crippen LogP contribution in [0, 0.1) is 6.92 Å². The van der Waals surface area contributed by atoms with Gasteiger partial charge < -0.3 is 16.0 Å². The van der Waals surface area contributed by atoms with Gasteiger partial charge in [0.15, 0.2) is 5.43 Å². The molecule has 5 aromatic rings. The summed E-state index contributed by atoms with van der Waals surface area (Å²) < 4.78 is 2.08. The number of anilines is 2. The molecule has 5 nitrogen and oxygen atoms in total. The van der Waals surface area contributed by atoms with Crippen molar-refractivity contribution < 1.29 is 0 Å². The van der Waals surface area contributed by atoms with E-state index in [1.54, 1.807) is 17.5 Å². The van der Waals surface area contributed by atoms with Crippen molar-refractivity contribution in [3.05, 3.63) is 87.7 Å². The van der Waals surface area contributed by atoms with E-state index >= 15 is 0 Å². The second-order valence-corrected chi connectivity index (χ2v) is 9.67. The molecule has 34 heavy (non-hydrogen) atoms. The van der Waals surface area contributed by atoms with E-state index in [2.05, 4.69) is 33.9 Å². The summed E-state index contributed by atoms with van der Waals surface area (Å²) in [5.74, 6) is 0. The van der Waals surface area contributed by atoms with Crippen LogP contribution in [0.3, 0.4) is 0 Å². The molecule has 2 heterocycles. The highest BCUT2D eigenvalue weighted by Crippen LogP contribution is 2.31. The van der Waals surface area contributed by atoms with Crippen LogP contribution in [-0.4, -0.2) is 31.2 Å². The number of benzene rings is 3. The van der Waals surface area contributed by atoms with E-state index in [0.29, 0.717) is 5.02 Å². The van der Waals surface area contributed by atoms with E-state index in [-0.39, 0.29) is 5.43 Å². The first-order valence-corrected chi connectivity index (χ1v) is 12.5. The SMILES string of the molecule is Cc1ccc(NCCNCCNc2ccnc3cc(Cl)ccc23)c2c(=O)c3ccccc3sc12. The fraction of sp³-hybridized carbons (Fsp3) is 0.185. The number of nitrogens with zero attached hydrogens (tertiary/aromatic N) is 1. The van der Waals surface area contributed by atoms with Gasteiger partial charge in [-0.1, -0.05) is 29.8 Å². The van der Waals surface area contributed by atoms with Crippen LogP contribution in [0.2, 0.25) is 5.02 Å². The Hall–Kier alpha value is -3.19. The summed E-state index contributed by atoms with van der Waals surface area (Å²) in [5, 5.41) is 13.7. The lowest BCUT2D eigenvalue weighted by molar-refractivity contribution is 0.719. The summed E-state index contributed by atoms with van der Waals surface area (Å²) in [6.45, 7) is 5.17. The van der Waals surface area contributed by atoms with Crippen LogP contribution in [0.4, 0.5) is 11.4 Å². The summed E-state index contributed by atoms with van der Waals surface area (Å²) in [7, 11) is 0. The highest BCUT2D eigenvalue weighted by atomic mass is 35.5. The molecule has 0 radical (unpaired) electrons. The van der Waals surface area contributed by atoms with Crippen LogP contribution in [0.25, 0.3) is 31.1 Å². The maximum absolute atomic E-state index is 13.2. The van der Waals surface area contributed by atoms with Crippen molar-refractivity contribution in [2.45, 2.75) is 6.92 Å². The minimum atomic E-state index is 0.0959. The Morgan fingerprint density at radius 1 is 0.882 bits per heavy atom. The molecule has 7 heteroatoms. The molecular formula is C27H25ClN4OS. The fourth-order valence-corrected chi connectivity index (χ4v) is 5.49. The number of hydrogen-bond donors (Lipinski definition) is 3. The van der Waals surface area contributed by atoms with Gasteiger partial charge in [-0.15, -0.1) is 11.3 Å². The van der Waals surface area contributed by atoms with Crippen molar-refractivity contribution in [2.24, 2.45) is 0 Å². The Morgan fingerprint density at radius 2 is 1.68 bits per heavy atom. The Morgan fingerprint density at radius 3 is 2.53 bits per heavy atom. The Bertz CT molecular complexity index is 1550. The fourth-order valence-electron chi connectivity index (χ4n) is 4.15. The second kappa shape index (κ2) is 9.97. The van der Waals surface area contributed by atoms with Crippen molar-refractivity contribution in [1.82, 2.24) is 10.3 Å². The molecule has 2 aromatic heterocycles. The van der Waals surface area contributed by atoms with Crippen LogP contribution in [0.15, 0.2) is 71.7 Å². The van der Waals surface area contributed by atoms with Gasteiger partial charge in [0.1, 0.15) is 0 Å². The second-order valence-electron chi connectivity index (χ2n) is 8.19. The summed E-state index contributed by atoms with van der Waals surface area (Å²) in [6.07, 6.45) is 1.79. The zero-order chi connectivity index (χ0) is 23.5. The highest BCUT2D eigenvalue weighted by molar-refractivity contribution is 7.24. The van der Waals surface area contributed by atoms with Gasteiger partial charge in [-0.2, -0.15) is 0 Å². The van der Waals surface area contributed by atoms with Crippen molar-refractivity contribution in [3.8, 4) is 0 Å². The topological polar surface area (TPSA) is 66.0 Å². The maximum atomic E-state index is 13.2. The van der Waals surface area contributed by atoms with Gasteiger partial charge in [-0.05, 0) is 55.0 Å². The monoisotopic (exact) mass is 488 g/mol. The molecule has 0 fully saturated rings. The molecule has 3 N–H and O–H groups in total. The lowest BCUT2D eigenvalue weighted by atomic mass is 10.1. The molecule has 3 aromatic carbocycles. The number of hydrogen-bond acceptors (Lipinski definition) is 6. The largest absolute Gasteiger partial charge is 0.383 e. The number of pyridine rings is 1. The van der Waals surface area contributed by atoms with Gasteiger partial charge in [0.05, 0.1) is 10.9 Å². The minimum Gasteiger partial charge on any atom is -0.383 e. The normalized spacial score (nSPS) is 11.4. The first-order valence-electron chi connectivity index (χ1n) is 11.3. The Labute approximate surface area is 206 Å². The van der Waals surface area contributed by atoms with Gasteiger partial charge in [0, 0.05) is 68.9 Å². The number of nitrogens with one attached hydrogen (secondary N) is 3. The van der Waals surface area contributed by atoms with Crippen LogP contribution < -0.4 is 21.4 Å². The van der Waals surface area contributed by atoms with Gasteiger partial charge in [-0.3, -0.25) is 9.78 Å². The number of aromatic nitrogens is 1. The third-order valence-corrected chi connectivity index (χ3v) is 7.41. The third-order valence-electron chi connectivity index (χ3n) is 5.86.